The number of likely N-dealkylation sites (tertiary alicyclic amines) is 1. The smallest absolute Gasteiger partial charge is 0.259 e. The summed E-state index contributed by atoms with van der Waals surface area (Å²) < 4.78 is 0. The van der Waals surface area contributed by atoms with Crippen LogP contribution in [-0.2, 0) is 5.41 Å². The molecule has 1 unspecified atom stereocenters. The first-order valence-electron chi connectivity index (χ1n) is 9.56. The molecule has 2 aromatic carbocycles. The summed E-state index contributed by atoms with van der Waals surface area (Å²) in [4.78, 5) is 17.5. The molecule has 0 saturated carbocycles. The molecule has 1 atom stereocenters. The average Bonchev–Trinajstić information content (AvgIpc) is 2.98. The minimum atomic E-state index is -0.312. The van der Waals surface area contributed by atoms with E-state index in [0.717, 1.165) is 31.6 Å². The van der Waals surface area contributed by atoms with Crippen LogP contribution in [0, 0.1) is 0 Å². The van der Waals surface area contributed by atoms with Crippen molar-refractivity contribution in [2.45, 2.75) is 31.3 Å². The van der Waals surface area contributed by atoms with E-state index in [2.05, 4.69) is 17.0 Å². The molecule has 142 valence electrons. The van der Waals surface area contributed by atoms with Crippen molar-refractivity contribution in [1.29, 1.82) is 0 Å². The number of hydrogen-bond acceptors (Lipinski definition) is 3. The first kappa shape index (κ1) is 18.5. The molecule has 2 aliphatic rings. The van der Waals surface area contributed by atoms with Crippen molar-refractivity contribution in [2.24, 2.45) is 0 Å². The van der Waals surface area contributed by atoms with E-state index in [1.54, 1.807) is 12.1 Å². The van der Waals surface area contributed by atoms with Crippen molar-refractivity contribution in [2.75, 3.05) is 31.1 Å². The van der Waals surface area contributed by atoms with Crippen LogP contribution in [0.4, 0.5) is 5.69 Å². The summed E-state index contributed by atoms with van der Waals surface area (Å²) in [6.45, 7) is 5.11. The van der Waals surface area contributed by atoms with Crippen LogP contribution >= 0.6 is 11.6 Å². The van der Waals surface area contributed by atoms with E-state index in [1.165, 1.54) is 5.56 Å². The van der Waals surface area contributed by atoms with Crippen molar-refractivity contribution in [3.05, 3.63) is 64.7 Å². The molecule has 1 fully saturated rings. The van der Waals surface area contributed by atoms with Crippen LogP contribution in [0.3, 0.4) is 0 Å². The number of nitrogens with zero attached hydrogens (tertiary/aromatic N) is 2. The largest absolute Gasteiger partial charge is 0.392 e. The van der Waals surface area contributed by atoms with Crippen molar-refractivity contribution >= 4 is 23.2 Å². The summed E-state index contributed by atoms with van der Waals surface area (Å²) in [5.41, 5.74) is 2.81. The van der Waals surface area contributed by atoms with Gasteiger partial charge in [0.05, 0.1) is 16.7 Å². The molecule has 0 radical (unpaired) electrons. The van der Waals surface area contributed by atoms with Gasteiger partial charge >= 0.3 is 0 Å². The minimum Gasteiger partial charge on any atom is -0.392 e. The third-order valence-corrected chi connectivity index (χ3v) is 6.24. The Morgan fingerprint density at radius 3 is 2.52 bits per heavy atom. The lowest BCUT2D eigenvalue weighted by Gasteiger charge is -2.40. The number of rotatable bonds is 3. The lowest BCUT2D eigenvalue weighted by Crippen LogP contribution is -2.47. The Bertz CT molecular complexity index is 844. The maximum Gasteiger partial charge on any atom is 0.259 e. The molecule has 0 aliphatic carbocycles. The zero-order valence-electron chi connectivity index (χ0n) is 15.6. The molecule has 2 heterocycles. The van der Waals surface area contributed by atoms with E-state index < -0.39 is 0 Å². The second kappa shape index (κ2) is 7.27. The number of fused-ring (bicyclic) bond motifs is 2. The number of β-amino-alcohol motifs (C(OH)–C–C–N with tert-alkyl or cyclic N) is 1. The van der Waals surface area contributed by atoms with Crippen LogP contribution in [0.1, 0.15) is 35.7 Å². The number of aliphatic hydroxyl groups is 1. The predicted molar refractivity (Wildman–Crippen MR) is 109 cm³/mol. The lowest BCUT2D eigenvalue weighted by molar-refractivity contribution is 0.0904. The van der Waals surface area contributed by atoms with Gasteiger partial charge in [-0.25, -0.2) is 0 Å². The maximum atomic E-state index is 13.3. The van der Waals surface area contributed by atoms with Gasteiger partial charge in [-0.15, -0.1) is 0 Å². The van der Waals surface area contributed by atoms with E-state index in [9.17, 15) is 9.90 Å². The Kier molecular flexibility index (Phi) is 4.97. The van der Waals surface area contributed by atoms with Crippen molar-refractivity contribution in [3.63, 3.8) is 0 Å². The number of hydrogen-bond donors (Lipinski definition) is 1. The zero-order valence-corrected chi connectivity index (χ0v) is 16.3. The van der Waals surface area contributed by atoms with E-state index in [0.29, 0.717) is 23.7 Å². The molecule has 0 bridgehead atoms. The van der Waals surface area contributed by atoms with Gasteiger partial charge in [0.2, 0.25) is 0 Å². The van der Waals surface area contributed by atoms with Gasteiger partial charge in [-0.2, -0.15) is 0 Å². The van der Waals surface area contributed by atoms with Crippen LogP contribution in [0.25, 0.3) is 0 Å². The van der Waals surface area contributed by atoms with E-state index >= 15 is 0 Å². The molecular weight excluding hydrogens is 360 g/mol. The molecule has 1 saturated heterocycles. The fraction of sp³-hybridized carbons (Fsp3) is 0.409. The second-order valence-electron chi connectivity index (χ2n) is 7.82. The first-order chi connectivity index (χ1) is 13.0. The SMILES string of the molecule is CC(O)CN1CCC2(CC1)CN(C(=O)c1ccccc1Cl)c1ccccc12. The Morgan fingerprint density at radius 2 is 1.81 bits per heavy atom. The topological polar surface area (TPSA) is 43.8 Å². The van der Waals surface area contributed by atoms with Gasteiger partial charge in [-0.05, 0) is 56.6 Å². The number of aliphatic hydroxyl groups excluding tert-OH is 1. The Labute approximate surface area is 165 Å². The lowest BCUT2D eigenvalue weighted by atomic mass is 9.74. The molecule has 2 aromatic rings. The predicted octanol–water partition coefficient (Wildman–Crippen LogP) is 3.71. The molecule has 1 spiro atoms. The Morgan fingerprint density at radius 1 is 1.15 bits per heavy atom. The Balaban J connectivity index is 1.63. The monoisotopic (exact) mass is 384 g/mol. The highest BCUT2D eigenvalue weighted by molar-refractivity contribution is 6.34. The number of halogens is 1. The number of carbonyl (C=O) groups excluding carboxylic acids is 1. The van der Waals surface area contributed by atoms with Crippen LogP contribution in [0.15, 0.2) is 48.5 Å². The normalized spacial score (nSPS) is 19.9. The van der Waals surface area contributed by atoms with Crippen molar-refractivity contribution in [1.82, 2.24) is 4.90 Å². The van der Waals surface area contributed by atoms with Gasteiger partial charge in [0, 0.05) is 24.2 Å². The molecule has 2 aliphatic heterocycles. The quantitative estimate of drug-likeness (QED) is 0.877. The molecule has 1 N–H and O–H groups in total. The van der Waals surface area contributed by atoms with E-state index in [-0.39, 0.29) is 17.4 Å². The standard InChI is InChI=1S/C22H25ClN2O2/c1-16(26)14-24-12-10-22(11-13-24)15-25(20-9-5-3-7-18(20)22)21(27)17-6-2-4-8-19(17)23/h2-9,16,26H,10-15H2,1H3. The third-order valence-electron chi connectivity index (χ3n) is 5.91. The van der Waals surface area contributed by atoms with Gasteiger partial charge in [0.25, 0.3) is 5.91 Å². The molecule has 27 heavy (non-hydrogen) atoms. The summed E-state index contributed by atoms with van der Waals surface area (Å²) in [6, 6.07) is 15.5. The number of anilines is 1. The first-order valence-corrected chi connectivity index (χ1v) is 9.94. The van der Waals surface area contributed by atoms with Gasteiger partial charge in [-0.3, -0.25) is 4.79 Å². The van der Waals surface area contributed by atoms with Gasteiger partial charge in [0.15, 0.2) is 0 Å². The number of carbonyl (C=O) groups is 1. The molecule has 4 nitrogen and oxygen atoms in total. The summed E-state index contributed by atoms with van der Waals surface area (Å²) in [6.07, 6.45) is 1.67. The van der Waals surface area contributed by atoms with E-state index in [4.69, 9.17) is 11.6 Å². The minimum absolute atomic E-state index is 0.0112. The third kappa shape index (κ3) is 3.38. The fourth-order valence-electron chi connectivity index (χ4n) is 4.56. The number of benzene rings is 2. The summed E-state index contributed by atoms with van der Waals surface area (Å²) >= 11 is 6.29. The highest BCUT2D eigenvalue weighted by Gasteiger charge is 2.46. The van der Waals surface area contributed by atoms with Crippen LogP contribution < -0.4 is 4.90 Å². The fourth-order valence-corrected chi connectivity index (χ4v) is 4.77. The van der Waals surface area contributed by atoms with Crippen LogP contribution in [0.2, 0.25) is 5.02 Å². The Hall–Kier alpha value is -1.88. The average molecular weight is 385 g/mol. The highest BCUT2D eigenvalue weighted by atomic mass is 35.5. The molecule has 0 aromatic heterocycles. The molecule has 4 rings (SSSR count). The second-order valence-corrected chi connectivity index (χ2v) is 8.23. The van der Waals surface area contributed by atoms with Crippen molar-refractivity contribution < 1.29 is 9.90 Å². The van der Waals surface area contributed by atoms with Crippen molar-refractivity contribution in [3.8, 4) is 0 Å². The number of para-hydroxylation sites is 1. The van der Waals surface area contributed by atoms with Gasteiger partial charge < -0.3 is 14.9 Å². The number of piperidine rings is 1. The molecule has 1 amide bonds. The molecular formula is C22H25ClN2O2. The van der Waals surface area contributed by atoms with Gasteiger partial charge in [0.1, 0.15) is 0 Å². The highest BCUT2D eigenvalue weighted by Crippen LogP contribution is 2.47. The van der Waals surface area contributed by atoms with Crippen LogP contribution in [-0.4, -0.2) is 48.2 Å². The molecule has 5 heteroatoms. The van der Waals surface area contributed by atoms with Crippen LogP contribution in [0.5, 0.6) is 0 Å². The number of amides is 1. The maximum absolute atomic E-state index is 13.3. The van der Waals surface area contributed by atoms with E-state index in [1.807, 2.05) is 36.1 Å². The summed E-state index contributed by atoms with van der Waals surface area (Å²) in [7, 11) is 0. The summed E-state index contributed by atoms with van der Waals surface area (Å²) in [5, 5.41) is 10.2. The summed E-state index contributed by atoms with van der Waals surface area (Å²) in [5.74, 6) is -0.0312. The zero-order chi connectivity index (χ0) is 19.0. The van der Waals surface area contributed by atoms with Gasteiger partial charge in [-0.1, -0.05) is 41.9 Å².